The van der Waals surface area contributed by atoms with Crippen molar-refractivity contribution in [2.45, 2.75) is 20.8 Å². The Balaban J connectivity index is 2.11. The Labute approximate surface area is 118 Å². The Kier molecular flexibility index (Phi) is 4.30. The molecule has 1 aromatic carbocycles. The minimum absolute atomic E-state index is 0.259. The summed E-state index contributed by atoms with van der Waals surface area (Å²) in [6.07, 6.45) is 3.02. The van der Waals surface area contributed by atoms with Gasteiger partial charge in [0, 0.05) is 12.2 Å². The van der Waals surface area contributed by atoms with Crippen molar-refractivity contribution in [3.63, 3.8) is 0 Å². The molecule has 5 nitrogen and oxygen atoms in total. The average Bonchev–Trinajstić information content (AvgIpc) is 2.38. The van der Waals surface area contributed by atoms with Crippen molar-refractivity contribution in [3.05, 3.63) is 47.4 Å². The van der Waals surface area contributed by atoms with E-state index in [9.17, 15) is 4.79 Å². The summed E-state index contributed by atoms with van der Waals surface area (Å²) in [6, 6.07) is 5.90. The van der Waals surface area contributed by atoms with Crippen LogP contribution in [0.2, 0.25) is 0 Å². The fourth-order valence-corrected chi connectivity index (χ4v) is 1.96. The molecule has 0 saturated heterocycles. The molecule has 0 radical (unpaired) electrons. The number of carbonyl (C=O) groups is 1. The van der Waals surface area contributed by atoms with E-state index in [2.05, 4.69) is 26.7 Å². The highest BCUT2D eigenvalue weighted by molar-refractivity contribution is 6.02. The second-order valence-electron chi connectivity index (χ2n) is 4.65. The number of aryl methyl sites for hydroxylation is 2. The van der Waals surface area contributed by atoms with E-state index in [-0.39, 0.29) is 5.91 Å². The van der Waals surface area contributed by atoms with Gasteiger partial charge in [0.1, 0.15) is 11.5 Å². The number of benzene rings is 1. The summed E-state index contributed by atoms with van der Waals surface area (Å²) in [5.41, 5.74) is 3.28. The first kappa shape index (κ1) is 14.0. The van der Waals surface area contributed by atoms with Crippen molar-refractivity contribution in [1.82, 2.24) is 9.97 Å². The van der Waals surface area contributed by atoms with E-state index in [0.29, 0.717) is 11.5 Å². The fraction of sp³-hybridized carbons (Fsp3) is 0.267. The summed E-state index contributed by atoms with van der Waals surface area (Å²) in [4.78, 5) is 20.3. The number of nitrogens with zero attached hydrogens (tertiary/aromatic N) is 2. The zero-order valence-corrected chi connectivity index (χ0v) is 11.9. The quantitative estimate of drug-likeness (QED) is 0.896. The predicted octanol–water partition coefficient (Wildman–Crippen LogP) is 2.78. The van der Waals surface area contributed by atoms with Crippen LogP contribution in [0.4, 0.5) is 11.5 Å². The van der Waals surface area contributed by atoms with Crippen molar-refractivity contribution in [2.75, 3.05) is 17.2 Å². The molecular formula is C15H18N4O. The van der Waals surface area contributed by atoms with Crippen LogP contribution in [0.15, 0.2) is 30.6 Å². The lowest BCUT2D eigenvalue weighted by Gasteiger charge is -2.07. The van der Waals surface area contributed by atoms with Crippen molar-refractivity contribution >= 4 is 17.4 Å². The zero-order valence-electron chi connectivity index (χ0n) is 11.9. The van der Waals surface area contributed by atoms with Crippen molar-refractivity contribution < 1.29 is 4.79 Å². The van der Waals surface area contributed by atoms with Gasteiger partial charge in [0.2, 0.25) is 0 Å². The van der Waals surface area contributed by atoms with Gasteiger partial charge in [0.15, 0.2) is 0 Å². The Morgan fingerprint density at radius 2 is 1.80 bits per heavy atom. The molecule has 0 aliphatic heterocycles. The van der Waals surface area contributed by atoms with E-state index >= 15 is 0 Å². The van der Waals surface area contributed by atoms with Gasteiger partial charge in [0.25, 0.3) is 5.91 Å². The number of carbonyl (C=O) groups excluding carboxylic acids is 1. The summed E-state index contributed by atoms with van der Waals surface area (Å²) in [7, 11) is 0. The van der Waals surface area contributed by atoms with Crippen LogP contribution in [-0.2, 0) is 0 Å². The molecule has 2 aromatic rings. The van der Waals surface area contributed by atoms with Gasteiger partial charge in [-0.3, -0.25) is 4.79 Å². The van der Waals surface area contributed by atoms with E-state index in [1.54, 1.807) is 6.20 Å². The van der Waals surface area contributed by atoms with Crippen LogP contribution in [0.25, 0.3) is 0 Å². The van der Waals surface area contributed by atoms with Crippen LogP contribution in [0.3, 0.4) is 0 Å². The number of amides is 1. The highest BCUT2D eigenvalue weighted by atomic mass is 16.1. The molecule has 0 aliphatic carbocycles. The van der Waals surface area contributed by atoms with E-state index < -0.39 is 0 Å². The Morgan fingerprint density at radius 3 is 2.35 bits per heavy atom. The highest BCUT2D eigenvalue weighted by Crippen LogP contribution is 2.14. The maximum absolute atomic E-state index is 12.1. The van der Waals surface area contributed by atoms with Crippen LogP contribution in [0, 0.1) is 13.8 Å². The summed E-state index contributed by atoms with van der Waals surface area (Å²) in [6.45, 7) is 6.73. The smallest absolute Gasteiger partial charge is 0.275 e. The summed E-state index contributed by atoms with van der Waals surface area (Å²) in [5, 5.41) is 5.86. The molecule has 5 heteroatoms. The molecule has 0 fully saturated rings. The number of rotatable bonds is 4. The highest BCUT2D eigenvalue weighted by Gasteiger charge is 2.08. The molecule has 0 spiro atoms. The van der Waals surface area contributed by atoms with Gasteiger partial charge in [-0.1, -0.05) is 6.07 Å². The molecule has 2 N–H and O–H groups in total. The Hall–Kier alpha value is -2.43. The molecule has 0 atom stereocenters. The van der Waals surface area contributed by atoms with E-state index in [0.717, 1.165) is 23.4 Å². The normalized spacial score (nSPS) is 10.2. The van der Waals surface area contributed by atoms with Gasteiger partial charge in [-0.2, -0.15) is 0 Å². The van der Waals surface area contributed by atoms with Crippen molar-refractivity contribution in [2.24, 2.45) is 0 Å². The van der Waals surface area contributed by atoms with E-state index in [4.69, 9.17) is 0 Å². The molecule has 1 amide bonds. The van der Waals surface area contributed by atoms with Crippen LogP contribution in [-0.4, -0.2) is 22.4 Å². The number of anilines is 2. The lowest BCUT2D eigenvalue weighted by atomic mass is 10.1. The topological polar surface area (TPSA) is 66.9 Å². The molecule has 0 bridgehead atoms. The third kappa shape index (κ3) is 3.54. The van der Waals surface area contributed by atoms with Gasteiger partial charge < -0.3 is 10.6 Å². The summed E-state index contributed by atoms with van der Waals surface area (Å²) < 4.78 is 0. The van der Waals surface area contributed by atoms with Crippen LogP contribution < -0.4 is 10.6 Å². The summed E-state index contributed by atoms with van der Waals surface area (Å²) >= 11 is 0. The largest absolute Gasteiger partial charge is 0.369 e. The molecule has 0 saturated carbocycles. The lowest BCUT2D eigenvalue weighted by Crippen LogP contribution is -2.14. The van der Waals surface area contributed by atoms with Gasteiger partial charge >= 0.3 is 0 Å². The fourth-order valence-electron chi connectivity index (χ4n) is 1.96. The molecule has 20 heavy (non-hydrogen) atoms. The number of nitrogens with one attached hydrogen (secondary N) is 2. The van der Waals surface area contributed by atoms with Crippen LogP contribution in [0.5, 0.6) is 0 Å². The standard InChI is InChI=1S/C15H18N4O/c1-4-16-14-9-17-13(8-18-14)15(20)19-12-6-10(2)5-11(3)7-12/h5-9H,4H2,1-3H3,(H,16,18)(H,19,20). The number of aromatic nitrogens is 2. The molecule has 0 aliphatic rings. The monoisotopic (exact) mass is 270 g/mol. The second kappa shape index (κ2) is 6.14. The first-order valence-corrected chi connectivity index (χ1v) is 6.54. The molecule has 0 unspecified atom stereocenters. The molecule has 1 aromatic heterocycles. The third-order valence-electron chi connectivity index (χ3n) is 2.72. The van der Waals surface area contributed by atoms with Gasteiger partial charge in [-0.05, 0) is 44.0 Å². The van der Waals surface area contributed by atoms with Crippen molar-refractivity contribution in [3.8, 4) is 0 Å². The van der Waals surface area contributed by atoms with Gasteiger partial charge in [-0.15, -0.1) is 0 Å². The van der Waals surface area contributed by atoms with E-state index in [1.165, 1.54) is 6.20 Å². The second-order valence-corrected chi connectivity index (χ2v) is 4.65. The number of hydrogen-bond donors (Lipinski definition) is 2. The molecule has 2 rings (SSSR count). The minimum Gasteiger partial charge on any atom is -0.369 e. The van der Waals surface area contributed by atoms with Crippen LogP contribution in [0.1, 0.15) is 28.5 Å². The van der Waals surface area contributed by atoms with E-state index in [1.807, 2.05) is 32.9 Å². The molecule has 104 valence electrons. The average molecular weight is 270 g/mol. The molecule has 1 heterocycles. The first-order valence-electron chi connectivity index (χ1n) is 6.54. The Morgan fingerprint density at radius 1 is 1.10 bits per heavy atom. The predicted molar refractivity (Wildman–Crippen MR) is 80.1 cm³/mol. The molecular weight excluding hydrogens is 252 g/mol. The lowest BCUT2D eigenvalue weighted by molar-refractivity contribution is 0.102. The SMILES string of the molecule is CCNc1cnc(C(=O)Nc2cc(C)cc(C)c2)cn1. The van der Waals surface area contributed by atoms with Crippen molar-refractivity contribution in [1.29, 1.82) is 0 Å². The maximum atomic E-state index is 12.1. The van der Waals surface area contributed by atoms with Crippen LogP contribution >= 0.6 is 0 Å². The third-order valence-corrected chi connectivity index (χ3v) is 2.72. The minimum atomic E-state index is -0.259. The summed E-state index contributed by atoms with van der Waals surface area (Å²) in [5.74, 6) is 0.404. The van der Waals surface area contributed by atoms with Gasteiger partial charge in [0.05, 0.1) is 12.4 Å². The Bertz CT molecular complexity index is 588. The maximum Gasteiger partial charge on any atom is 0.275 e. The first-order chi connectivity index (χ1) is 9.58. The zero-order chi connectivity index (χ0) is 14.5. The number of hydrogen-bond acceptors (Lipinski definition) is 4. The van der Waals surface area contributed by atoms with Gasteiger partial charge in [-0.25, -0.2) is 9.97 Å².